The van der Waals surface area contributed by atoms with Gasteiger partial charge in [0.2, 0.25) is 0 Å². The van der Waals surface area contributed by atoms with Crippen molar-refractivity contribution in [3.05, 3.63) is 42.2 Å². The van der Waals surface area contributed by atoms with Gasteiger partial charge in [0.15, 0.2) is 5.82 Å². The number of aromatic nitrogens is 2. The zero-order valence-electron chi connectivity index (χ0n) is 10.6. The van der Waals surface area contributed by atoms with Crippen LogP contribution in [-0.4, -0.2) is 30.1 Å². The molecule has 0 atom stereocenters. The lowest BCUT2D eigenvalue weighted by Crippen LogP contribution is -2.01. The summed E-state index contributed by atoms with van der Waals surface area (Å²) in [4.78, 5) is 19.4. The molecule has 0 radical (unpaired) electrons. The molecule has 1 heterocycles. The smallest absolute Gasteiger partial charge is 0.337 e. The van der Waals surface area contributed by atoms with E-state index in [2.05, 4.69) is 20.0 Å². The topological polar surface area (TPSA) is 73.3 Å². The molecule has 0 fully saturated rings. The van der Waals surface area contributed by atoms with E-state index in [0.717, 1.165) is 0 Å². The minimum Gasteiger partial charge on any atom is -0.465 e. The molecule has 0 spiro atoms. The molecular formula is C13H13N3O3. The van der Waals surface area contributed by atoms with Gasteiger partial charge in [-0.15, -0.1) is 0 Å². The third-order valence-electron chi connectivity index (χ3n) is 2.39. The summed E-state index contributed by atoms with van der Waals surface area (Å²) >= 11 is 0. The van der Waals surface area contributed by atoms with Gasteiger partial charge < -0.3 is 14.8 Å². The fraction of sp³-hybridized carbons (Fsp3) is 0.154. The third-order valence-corrected chi connectivity index (χ3v) is 2.39. The minimum absolute atomic E-state index is 0.371. The number of carbonyl (C=O) groups is 1. The van der Waals surface area contributed by atoms with E-state index >= 15 is 0 Å². The quantitative estimate of drug-likeness (QED) is 0.847. The van der Waals surface area contributed by atoms with Gasteiger partial charge in [0.25, 0.3) is 5.88 Å². The van der Waals surface area contributed by atoms with E-state index in [1.165, 1.54) is 7.11 Å². The zero-order valence-corrected chi connectivity index (χ0v) is 10.6. The molecule has 1 aromatic heterocycles. The molecule has 6 heteroatoms. The summed E-state index contributed by atoms with van der Waals surface area (Å²) in [5.41, 5.74) is 0.461. The molecule has 6 nitrogen and oxygen atoms in total. The number of esters is 1. The van der Waals surface area contributed by atoms with Crippen LogP contribution in [0.1, 0.15) is 10.4 Å². The van der Waals surface area contributed by atoms with Gasteiger partial charge in [-0.2, -0.15) is 0 Å². The van der Waals surface area contributed by atoms with Crippen molar-refractivity contribution < 1.29 is 14.3 Å². The van der Waals surface area contributed by atoms with Crippen LogP contribution in [0, 0.1) is 0 Å². The van der Waals surface area contributed by atoms with Crippen LogP contribution in [-0.2, 0) is 4.74 Å². The Balaban J connectivity index is 2.17. The Labute approximate surface area is 110 Å². The maximum atomic E-state index is 11.3. The van der Waals surface area contributed by atoms with Gasteiger partial charge in [0, 0.05) is 19.4 Å². The van der Waals surface area contributed by atoms with Crippen LogP contribution in [0.25, 0.3) is 0 Å². The van der Waals surface area contributed by atoms with E-state index in [-0.39, 0.29) is 5.97 Å². The second-order valence-electron chi connectivity index (χ2n) is 3.58. The lowest BCUT2D eigenvalue weighted by molar-refractivity contribution is 0.0600. The van der Waals surface area contributed by atoms with E-state index in [1.54, 1.807) is 43.7 Å². The summed E-state index contributed by atoms with van der Waals surface area (Å²) in [6.07, 6.45) is 3.11. The van der Waals surface area contributed by atoms with Crippen LogP contribution < -0.4 is 10.1 Å². The van der Waals surface area contributed by atoms with Gasteiger partial charge in [-0.25, -0.2) is 14.8 Å². The summed E-state index contributed by atoms with van der Waals surface area (Å²) in [6, 6.07) is 6.58. The number of nitrogens with one attached hydrogen (secondary N) is 1. The Morgan fingerprint density at radius 3 is 2.47 bits per heavy atom. The first kappa shape index (κ1) is 12.8. The van der Waals surface area contributed by atoms with Gasteiger partial charge in [-0.3, -0.25) is 0 Å². The molecule has 0 unspecified atom stereocenters. The van der Waals surface area contributed by atoms with Crippen molar-refractivity contribution in [1.29, 1.82) is 0 Å². The minimum atomic E-state index is -0.387. The number of nitrogens with zero attached hydrogens (tertiary/aromatic N) is 2. The van der Waals surface area contributed by atoms with Crippen molar-refractivity contribution in [3.8, 4) is 11.6 Å². The van der Waals surface area contributed by atoms with Crippen LogP contribution >= 0.6 is 0 Å². The summed E-state index contributed by atoms with van der Waals surface area (Å²) in [7, 11) is 3.07. The fourth-order valence-corrected chi connectivity index (χ4v) is 1.46. The van der Waals surface area contributed by atoms with E-state index < -0.39 is 0 Å². The van der Waals surface area contributed by atoms with Gasteiger partial charge in [-0.1, -0.05) is 0 Å². The molecule has 0 aliphatic rings. The van der Waals surface area contributed by atoms with Crippen LogP contribution in [0.4, 0.5) is 5.82 Å². The first-order valence-electron chi connectivity index (χ1n) is 5.59. The van der Waals surface area contributed by atoms with Crippen molar-refractivity contribution in [2.24, 2.45) is 0 Å². The third kappa shape index (κ3) is 2.98. The van der Waals surface area contributed by atoms with Crippen LogP contribution in [0.15, 0.2) is 36.7 Å². The van der Waals surface area contributed by atoms with Crippen molar-refractivity contribution >= 4 is 11.8 Å². The summed E-state index contributed by atoms with van der Waals surface area (Å²) in [5, 5.41) is 2.88. The van der Waals surface area contributed by atoms with Gasteiger partial charge in [0.1, 0.15) is 5.75 Å². The second kappa shape index (κ2) is 5.81. The number of rotatable bonds is 4. The molecule has 0 saturated carbocycles. The molecule has 0 saturated heterocycles. The van der Waals surface area contributed by atoms with Crippen LogP contribution in [0.3, 0.4) is 0 Å². The molecule has 1 aromatic carbocycles. The SMILES string of the molecule is CNc1nccnc1Oc1ccc(C(=O)OC)cc1. The van der Waals surface area contributed by atoms with E-state index in [1.807, 2.05) is 0 Å². The molecule has 2 rings (SSSR count). The van der Waals surface area contributed by atoms with E-state index in [9.17, 15) is 4.79 Å². The molecule has 0 bridgehead atoms. The maximum Gasteiger partial charge on any atom is 0.337 e. The Bertz CT molecular complexity index is 570. The van der Waals surface area contributed by atoms with E-state index in [4.69, 9.17) is 4.74 Å². The first-order chi connectivity index (χ1) is 9.24. The van der Waals surface area contributed by atoms with Gasteiger partial charge >= 0.3 is 5.97 Å². The monoisotopic (exact) mass is 259 g/mol. The van der Waals surface area contributed by atoms with Crippen molar-refractivity contribution in [1.82, 2.24) is 9.97 Å². The fourth-order valence-electron chi connectivity index (χ4n) is 1.46. The van der Waals surface area contributed by atoms with E-state index in [0.29, 0.717) is 23.0 Å². The van der Waals surface area contributed by atoms with Gasteiger partial charge in [-0.05, 0) is 24.3 Å². The highest BCUT2D eigenvalue weighted by Crippen LogP contribution is 2.24. The van der Waals surface area contributed by atoms with Crippen LogP contribution in [0.5, 0.6) is 11.6 Å². The standard InChI is InChI=1S/C13H13N3O3/c1-14-11-12(16-8-7-15-11)19-10-5-3-9(4-6-10)13(17)18-2/h3-8H,1-2H3,(H,14,15). The Morgan fingerprint density at radius 1 is 1.16 bits per heavy atom. The summed E-state index contributed by atoms with van der Waals surface area (Å²) < 4.78 is 10.2. The number of ether oxygens (including phenoxy) is 2. The van der Waals surface area contributed by atoms with Crippen molar-refractivity contribution in [2.75, 3.05) is 19.5 Å². The molecule has 0 amide bonds. The maximum absolute atomic E-state index is 11.3. The van der Waals surface area contributed by atoms with Crippen molar-refractivity contribution in [3.63, 3.8) is 0 Å². The van der Waals surface area contributed by atoms with Crippen molar-refractivity contribution in [2.45, 2.75) is 0 Å². The number of anilines is 1. The molecule has 0 aliphatic carbocycles. The normalized spacial score (nSPS) is 9.79. The number of benzene rings is 1. The lowest BCUT2D eigenvalue weighted by Gasteiger charge is -2.08. The molecule has 19 heavy (non-hydrogen) atoms. The predicted octanol–water partition coefficient (Wildman–Crippen LogP) is 2.10. The summed E-state index contributed by atoms with van der Waals surface area (Å²) in [5.74, 6) is 1.09. The first-order valence-corrected chi connectivity index (χ1v) is 5.59. The highest BCUT2D eigenvalue weighted by atomic mass is 16.5. The number of hydrogen-bond acceptors (Lipinski definition) is 6. The Kier molecular flexibility index (Phi) is 3.92. The average molecular weight is 259 g/mol. The number of methoxy groups -OCH3 is 1. The molecular weight excluding hydrogens is 246 g/mol. The molecule has 0 aliphatic heterocycles. The number of carbonyl (C=O) groups excluding carboxylic acids is 1. The number of hydrogen-bond donors (Lipinski definition) is 1. The highest BCUT2D eigenvalue weighted by Gasteiger charge is 2.08. The highest BCUT2D eigenvalue weighted by molar-refractivity contribution is 5.89. The molecule has 98 valence electrons. The predicted molar refractivity (Wildman–Crippen MR) is 69.4 cm³/mol. The Morgan fingerprint density at radius 2 is 1.84 bits per heavy atom. The zero-order chi connectivity index (χ0) is 13.7. The lowest BCUT2D eigenvalue weighted by atomic mass is 10.2. The average Bonchev–Trinajstić information content (AvgIpc) is 2.48. The Hall–Kier alpha value is -2.63. The largest absolute Gasteiger partial charge is 0.465 e. The summed E-state index contributed by atoms with van der Waals surface area (Å²) in [6.45, 7) is 0. The molecule has 2 aromatic rings. The molecule has 1 N–H and O–H groups in total. The second-order valence-corrected chi connectivity index (χ2v) is 3.58. The van der Waals surface area contributed by atoms with Gasteiger partial charge in [0.05, 0.1) is 12.7 Å². The van der Waals surface area contributed by atoms with Crippen LogP contribution in [0.2, 0.25) is 0 Å².